The van der Waals surface area contributed by atoms with Gasteiger partial charge in [0, 0.05) is 15.8 Å². The van der Waals surface area contributed by atoms with Crippen molar-refractivity contribution in [3.8, 4) is 12.3 Å². The highest BCUT2D eigenvalue weighted by molar-refractivity contribution is 9.13. The molecule has 76 valence electrons. The van der Waals surface area contributed by atoms with Crippen LogP contribution in [0, 0.1) is 12.3 Å². The van der Waals surface area contributed by atoms with Crippen LogP contribution >= 0.6 is 43.2 Å². The van der Waals surface area contributed by atoms with Gasteiger partial charge in [0.15, 0.2) is 0 Å². The van der Waals surface area contributed by atoms with Gasteiger partial charge in [0.2, 0.25) is 0 Å². The zero-order valence-corrected chi connectivity index (χ0v) is 11.4. The van der Waals surface area contributed by atoms with E-state index in [1.165, 1.54) is 4.88 Å². The number of hydrogen-bond acceptors (Lipinski definition) is 3. The first-order valence-electron chi connectivity index (χ1n) is 4.03. The van der Waals surface area contributed by atoms with Crippen molar-refractivity contribution in [2.75, 3.05) is 0 Å². The highest BCUT2D eigenvalue weighted by Crippen LogP contribution is 2.36. The molecule has 1 unspecified atom stereocenters. The second-order valence-corrected chi connectivity index (χ2v) is 5.99. The third-order valence-corrected chi connectivity index (χ3v) is 5.16. The standard InChI is InChI=1S/C9H10Br2N2S/c1-2-3-4-7(13-12)8-5-6(10)9(11)14-8/h1,5,7,13H,3-4,12H2. The van der Waals surface area contributed by atoms with Crippen molar-refractivity contribution >= 4 is 43.2 Å². The largest absolute Gasteiger partial charge is 0.271 e. The summed E-state index contributed by atoms with van der Waals surface area (Å²) in [5, 5.41) is 0. The zero-order valence-electron chi connectivity index (χ0n) is 7.39. The minimum absolute atomic E-state index is 0.138. The quantitative estimate of drug-likeness (QED) is 0.503. The molecule has 1 aromatic rings. The summed E-state index contributed by atoms with van der Waals surface area (Å²) in [6.45, 7) is 0. The molecule has 5 heteroatoms. The SMILES string of the molecule is C#CCCC(NN)c1cc(Br)c(Br)s1. The van der Waals surface area contributed by atoms with E-state index in [9.17, 15) is 0 Å². The second kappa shape index (κ2) is 5.89. The first-order chi connectivity index (χ1) is 6.69. The van der Waals surface area contributed by atoms with Gasteiger partial charge >= 0.3 is 0 Å². The molecule has 0 aliphatic carbocycles. The van der Waals surface area contributed by atoms with Crippen molar-refractivity contribution in [2.45, 2.75) is 18.9 Å². The molecule has 0 fully saturated rings. The predicted octanol–water partition coefficient (Wildman–Crippen LogP) is 3.19. The Morgan fingerprint density at radius 1 is 1.64 bits per heavy atom. The molecular weight excluding hydrogens is 328 g/mol. The number of terminal acetylenes is 1. The Bertz CT molecular complexity index is 324. The van der Waals surface area contributed by atoms with E-state index < -0.39 is 0 Å². The van der Waals surface area contributed by atoms with Gasteiger partial charge in [-0.05, 0) is 44.3 Å². The fraction of sp³-hybridized carbons (Fsp3) is 0.333. The van der Waals surface area contributed by atoms with Crippen molar-refractivity contribution < 1.29 is 0 Å². The monoisotopic (exact) mass is 336 g/mol. The van der Waals surface area contributed by atoms with Crippen molar-refractivity contribution in [2.24, 2.45) is 5.84 Å². The van der Waals surface area contributed by atoms with Crippen LogP contribution in [0.25, 0.3) is 0 Å². The van der Waals surface area contributed by atoms with Crippen molar-refractivity contribution in [3.05, 3.63) is 19.2 Å². The molecule has 0 aromatic carbocycles. The third-order valence-electron chi connectivity index (χ3n) is 1.79. The molecule has 2 nitrogen and oxygen atoms in total. The van der Waals surface area contributed by atoms with Crippen LogP contribution in [0.1, 0.15) is 23.8 Å². The highest BCUT2D eigenvalue weighted by Gasteiger charge is 2.13. The number of nitrogens with two attached hydrogens (primary N) is 1. The van der Waals surface area contributed by atoms with Crippen LogP contribution in [0.2, 0.25) is 0 Å². The lowest BCUT2D eigenvalue weighted by Gasteiger charge is -2.11. The topological polar surface area (TPSA) is 38.0 Å². The zero-order chi connectivity index (χ0) is 10.6. The Morgan fingerprint density at radius 3 is 2.79 bits per heavy atom. The van der Waals surface area contributed by atoms with E-state index in [0.29, 0.717) is 0 Å². The smallest absolute Gasteiger partial charge is 0.0843 e. The lowest BCUT2D eigenvalue weighted by molar-refractivity contribution is 0.532. The van der Waals surface area contributed by atoms with Gasteiger partial charge in [0.1, 0.15) is 0 Å². The van der Waals surface area contributed by atoms with E-state index in [0.717, 1.165) is 21.1 Å². The molecule has 0 spiro atoms. The van der Waals surface area contributed by atoms with Crippen LogP contribution in [0.15, 0.2) is 14.3 Å². The molecule has 3 N–H and O–H groups in total. The maximum Gasteiger partial charge on any atom is 0.0843 e. The average Bonchev–Trinajstić information content (AvgIpc) is 2.48. The molecule has 1 atom stereocenters. The molecule has 1 rings (SSSR count). The number of thiophene rings is 1. The lowest BCUT2D eigenvalue weighted by atomic mass is 10.1. The molecule has 0 aliphatic rings. The molecular formula is C9H10Br2N2S. The van der Waals surface area contributed by atoms with Crippen molar-refractivity contribution in [3.63, 3.8) is 0 Å². The summed E-state index contributed by atoms with van der Waals surface area (Å²) in [6, 6.07) is 2.19. The number of halogens is 2. The Balaban J connectivity index is 2.74. The molecule has 0 radical (unpaired) electrons. The van der Waals surface area contributed by atoms with Gasteiger partial charge < -0.3 is 0 Å². The van der Waals surface area contributed by atoms with E-state index in [-0.39, 0.29) is 6.04 Å². The van der Waals surface area contributed by atoms with Crippen LogP contribution in [0.5, 0.6) is 0 Å². The van der Waals surface area contributed by atoms with Crippen LogP contribution < -0.4 is 11.3 Å². The minimum Gasteiger partial charge on any atom is -0.271 e. The summed E-state index contributed by atoms with van der Waals surface area (Å²) in [7, 11) is 0. The van der Waals surface area contributed by atoms with E-state index >= 15 is 0 Å². The van der Waals surface area contributed by atoms with Crippen LogP contribution in [-0.4, -0.2) is 0 Å². The van der Waals surface area contributed by atoms with E-state index in [2.05, 4.69) is 49.3 Å². The fourth-order valence-corrected chi connectivity index (χ4v) is 3.25. The molecule has 0 bridgehead atoms. The molecule has 1 heterocycles. The lowest BCUT2D eigenvalue weighted by Crippen LogP contribution is -2.27. The van der Waals surface area contributed by atoms with E-state index in [1.807, 2.05) is 0 Å². The molecule has 1 aromatic heterocycles. The third kappa shape index (κ3) is 3.07. The number of rotatable bonds is 4. The van der Waals surface area contributed by atoms with Crippen molar-refractivity contribution in [1.29, 1.82) is 0 Å². The molecule has 0 saturated heterocycles. The Morgan fingerprint density at radius 2 is 2.36 bits per heavy atom. The first-order valence-corrected chi connectivity index (χ1v) is 6.43. The first kappa shape index (κ1) is 12.2. The normalized spacial score (nSPS) is 12.4. The molecule has 0 amide bonds. The number of nitrogens with one attached hydrogen (secondary N) is 1. The summed E-state index contributed by atoms with van der Waals surface area (Å²) in [6.07, 6.45) is 6.79. The molecule has 0 saturated carbocycles. The second-order valence-electron chi connectivity index (χ2n) is 2.73. The van der Waals surface area contributed by atoms with Gasteiger partial charge in [-0.15, -0.1) is 23.7 Å². The van der Waals surface area contributed by atoms with Gasteiger partial charge in [0.05, 0.1) is 9.83 Å². The molecule has 14 heavy (non-hydrogen) atoms. The Kier molecular flexibility index (Phi) is 5.13. The van der Waals surface area contributed by atoms with Gasteiger partial charge in [0.25, 0.3) is 0 Å². The maximum atomic E-state index is 5.46. The van der Waals surface area contributed by atoms with Crippen LogP contribution in [-0.2, 0) is 0 Å². The fourth-order valence-electron chi connectivity index (χ4n) is 1.07. The summed E-state index contributed by atoms with van der Waals surface area (Å²) < 4.78 is 2.13. The summed E-state index contributed by atoms with van der Waals surface area (Å²) in [4.78, 5) is 1.18. The van der Waals surface area contributed by atoms with Crippen LogP contribution in [0.4, 0.5) is 0 Å². The minimum atomic E-state index is 0.138. The van der Waals surface area contributed by atoms with Gasteiger partial charge in [-0.1, -0.05) is 0 Å². The number of hydrogen-bond donors (Lipinski definition) is 2. The van der Waals surface area contributed by atoms with Gasteiger partial charge in [-0.25, -0.2) is 0 Å². The van der Waals surface area contributed by atoms with Crippen molar-refractivity contribution in [1.82, 2.24) is 5.43 Å². The van der Waals surface area contributed by atoms with Gasteiger partial charge in [-0.2, -0.15) is 0 Å². The Hall–Kier alpha value is 0.140. The van der Waals surface area contributed by atoms with E-state index in [4.69, 9.17) is 12.3 Å². The van der Waals surface area contributed by atoms with Gasteiger partial charge in [-0.3, -0.25) is 11.3 Å². The van der Waals surface area contributed by atoms with E-state index in [1.54, 1.807) is 11.3 Å². The summed E-state index contributed by atoms with van der Waals surface area (Å²) in [5.74, 6) is 8.07. The van der Waals surface area contributed by atoms with Crippen LogP contribution in [0.3, 0.4) is 0 Å². The number of hydrazine groups is 1. The summed E-state index contributed by atoms with van der Waals surface area (Å²) in [5.41, 5.74) is 2.77. The highest BCUT2D eigenvalue weighted by atomic mass is 79.9. The predicted molar refractivity (Wildman–Crippen MR) is 67.9 cm³/mol. The average molecular weight is 338 g/mol. The molecule has 0 aliphatic heterocycles. The Labute approximate surface area is 104 Å². The maximum absolute atomic E-state index is 5.46. The summed E-state index contributed by atoms with van der Waals surface area (Å²) >= 11 is 8.54.